The van der Waals surface area contributed by atoms with E-state index < -0.39 is 0 Å². The Balaban J connectivity index is 2.41. The van der Waals surface area contributed by atoms with Gasteiger partial charge >= 0.3 is 0 Å². The molecule has 78 valence electrons. The van der Waals surface area contributed by atoms with E-state index in [1.807, 2.05) is 24.3 Å². The molecule has 1 rings (SSSR count). The molecule has 0 atom stereocenters. The standard InChI is InChI=1S/C10H13ClO2S/c11-9-3-1-8(2-4-9)7-14-10(5-12)6-13/h1-4,10,12-13H,5-7H2. The highest BCUT2D eigenvalue weighted by atomic mass is 35.5. The van der Waals surface area contributed by atoms with E-state index in [1.165, 1.54) is 11.8 Å². The van der Waals surface area contributed by atoms with Gasteiger partial charge in [0.15, 0.2) is 0 Å². The van der Waals surface area contributed by atoms with Crippen LogP contribution in [0.25, 0.3) is 0 Å². The number of rotatable bonds is 5. The number of aliphatic hydroxyl groups excluding tert-OH is 2. The van der Waals surface area contributed by atoms with Crippen LogP contribution in [0.1, 0.15) is 5.56 Å². The summed E-state index contributed by atoms with van der Waals surface area (Å²) in [5, 5.41) is 18.3. The monoisotopic (exact) mass is 232 g/mol. The first-order valence-corrected chi connectivity index (χ1v) is 5.76. The summed E-state index contributed by atoms with van der Waals surface area (Å²) >= 11 is 7.28. The second-order valence-electron chi connectivity index (χ2n) is 2.92. The molecule has 0 aliphatic rings. The molecule has 0 spiro atoms. The van der Waals surface area contributed by atoms with E-state index >= 15 is 0 Å². The van der Waals surface area contributed by atoms with Crippen LogP contribution in [0.4, 0.5) is 0 Å². The maximum atomic E-state index is 8.85. The van der Waals surface area contributed by atoms with E-state index in [4.69, 9.17) is 21.8 Å². The van der Waals surface area contributed by atoms with Crippen molar-refractivity contribution in [3.05, 3.63) is 34.9 Å². The minimum absolute atomic E-state index is 0.00869. The minimum Gasteiger partial charge on any atom is -0.395 e. The van der Waals surface area contributed by atoms with Gasteiger partial charge in [-0.3, -0.25) is 0 Å². The van der Waals surface area contributed by atoms with E-state index in [0.29, 0.717) is 0 Å². The average molecular weight is 233 g/mol. The molecule has 0 bridgehead atoms. The molecule has 0 saturated heterocycles. The molecular formula is C10H13ClO2S. The fraction of sp³-hybridized carbons (Fsp3) is 0.400. The number of hydrogen-bond donors (Lipinski definition) is 2. The summed E-state index contributed by atoms with van der Waals surface area (Å²) in [6, 6.07) is 7.57. The first kappa shape index (κ1) is 11.9. The Bertz CT molecular complexity index is 259. The number of thioether (sulfide) groups is 1. The largest absolute Gasteiger partial charge is 0.395 e. The lowest BCUT2D eigenvalue weighted by Crippen LogP contribution is -2.13. The molecule has 0 aliphatic carbocycles. The summed E-state index contributed by atoms with van der Waals surface area (Å²) in [4.78, 5) is 0. The first-order chi connectivity index (χ1) is 6.76. The Labute approximate surface area is 92.9 Å². The second kappa shape index (κ2) is 6.30. The molecule has 4 heteroatoms. The van der Waals surface area contributed by atoms with Gasteiger partial charge in [-0.05, 0) is 17.7 Å². The van der Waals surface area contributed by atoms with E-state index in [2.05, 4.69) is 0 Å². The van der Waals surface area contributed by atoms with Crippen LogP contribution in [0.15, 0.2) is 24.3 Å². The summed E-state index contributed by atoms with van der Waals surface area (Å²) in [5.74, 6) is 0.781. The number of hydrogen-bond acceptors (Lipinski definition) is 3. The highest BCUT2D eigenvalue weighted by Crippen LogP contribution is 2.18. The molecular weight excluding hydrogens is 220 g/mol. The van der Waals surface area contributed by atoms with Gasteiger partial charge in [0, 0.05) is 10.8 Å². The molecule has 0 saturated carbocycles. The van der Waals surface area contributed by atoms with Gasteiger partial charge in [0.2, 0.25) is 0 Å². The zero-order chi connectivity index (χ0) is 10.4. The lowest BCUT2D eigenvalue weighted by Gasteiger charge is -2.09. The molecule has 2 N–H and O–H groups in total. The van der Waals surface area contributed by atoms with Crippen LogP contribution in [0.2, 0.25) is 5.02 Å². The lowest BCUT2D eigenvalue weighted by molar-refractivity contribution is 0.228. The van der Waals surface area contributed by atoms with Crippen LogP contribution >= 0.6 is 23.4 Å². The fourth-order valence-electron chi connectivity index (χ4n) is 0.958. The Hall–Kier alpha value is -0.220. The quantitative estimate of drug-likeness (QED) is 0.815. The summed E-state index contributed by atoms with van der Waals surface area (Å²) in [5.41, 5.74) is 1.14. The number of halogens is 1. The van der Waals surface area contributed by atoms with Gasteiger partial charge < -0.3 is 10.2 Å². The van der Waals surface area contributed by atoms with Crippen molar-refractivity contribution in [3.63, 3.8) is 0 Å². The van der Waals surface area contributed by atoms with Gasteiger partial charge in [-0.2, -0.15) is 0 Å². The van der Waals surface area contributed by atoms with Crippen molar-refractivity contribution in [2.45, 2.75) is 11.0 Å². The van der Waals surface area contributed by atoms with Crippen LogP contribution < -0.4 is 0 Å². The maximum absolute atomic E-state index is 8.85. The second-order valence-corrected chi connectivity index (χ2v) is 4.65. The van der Waals surface area contributed by atoms with Gasteiger partial charge in [0.1, 0.15) is 0 Å². The molecule has 0 unspecified atom stereocenters. The third kappa shape index (κ3) is 3.88. The molecule has 14 heavy (non-hydrogen) atoms. The lowest BCUT2D eigenvalue weighted by atomic mass is 10.2. The number of aliphatic hydroxyl groups is 2. The van der Waals surface area contributed by atoms with Crippen molar-refractivity contribution in [3.8, 4) is 0 Å². The summed E-state index contributed by atoms with van der Waals surface area (Å²) in [6.45, 7) is 0.0174. The van der Waals surface area contributed by atoms with E-state index in [0.717, 1.165) is 16.3 Å². The topological polar surface area (TPSA) is 40.5 Å². The van der Waals surface area contributed by atoms with Gasteiger partial charge in [-0.1, -0.05) is 23.7 Å². The van der Waals surface area contributed by atoms with Crippen LogP contribution in [0, 0.1) is 0 Å². The summed E-state index contributed by atoms with van der Waals surface area (Å²) < 4.78 is 0. The minimum atomic E-state index is -0.0920. The molecule has 0 radical (unpaired) electrons. The van der Waals surface area contributed by atoms with E-state index in [1.54, 1.807) is 0 Å². The normalized spacial score (nSPS) is 10.9. The SMILES string of the molecule is OCC(CO)SCc1ccc(Cl)cc1. The number of benzene rings is 1. The summed E-state index contributed by atoms with van der Waals surface area (Å²) in [6.07, 6.45) is 0. The zero-order valence-electron chi connectivity index (χ0n) is 7.69. The Morgan fingerprint density at radius 3 is 2.21 bits per heavy atom. The third-order valence-electron chi connectivity index (χ3n) is 1.81. The van der Waals surface area contributed by atoms with Crippen LogP contribution in [0.3, 0.4) is 0 Å². The predicted molar refractivity (Wildman–Crippen MR) is 60.7 cm³/mol. The van der Waals surface area contributed by atoms with Crippen molar-refractivity contribution in [2.75, 3.05) is 13.2 Å². The van der Waals surface area contributed by atoms with Crippen LogP contribution in [-0.4, -0.2) is 28.7 Å². The molecule has 0 fully saturated rings. The highest BCUT2D eigenvalue weighted by molar-refractivity contribution is 7.99. The van der Waals surface area contributed by atoms with E-state index in [-0.39, 0.29) is 18.5 Å². The molecule has 1 aromatic carbocycles. The Morgan fingerprint density at radius 1 is 1.14 bits per heavy atom. The van der Waals surface area contributed by atoms with Crippen LogP contribution in [0.5, 0.6) is 0 Å². The predicted octanol–water partition coefficient (Wildman–Crippen LogP) is 1.93. The smallest absolute Gasteiger partial charge is 0.0572 e. The molecule has 0 aromatic heterocycles. The Kier molecular flexibility index (Phi) is 5.33. The van der Waals surface area contributed by atoms with Crippen molar-refractivity contribution in [1.29, 1.82) is 0 Å². The van der Waals surface area contributed by atoms with Gasteiger partial charge in [-0.25, -0.2) is 0 Å². The molecule has 1 aromatic rings. The maximum Gasteiger partial charge on any atom is 0.0572 e. The van der Waals surface area contributed by atoms with Crippen molar-refractivity contribution in [2.24, 2.45) is 0 Å². The van der Waals surface area contributed by atoms with Gasteiger partial charge in [0.05, 0.1) is 18.5 Å². The zero-order valence-corrected chi connectivity index (χ0v) is 9.26. The molecule has 0 amide bonds. The summed E-state index contributed by atoms with van der Waals surface area (Å²) in [7, 11) is 0. The third-order valence-corrected chi connectivity index (χ3v) is 3.33. The van der Waals surface area contributed by atoms with Crippen molar-refractivity contribution in [1.82, 2.24) is 0 Å². The van der Waals surface area contributed by atoms with E-state index in [9.17, 15) is 0 Å². The van der Waals surface area contributed by atoms with Crippen molar-refractivity contribution < 1.29 is 10.2 Å². The van der Waals surface area contributed by atoms with Gasteiger partial charge in [0.25, 0.3) is 0 Å². The first-order valence-electron chi connectivity index (χ1n) is 4.34. The molecule has 0 aliphatic heterocycles. The highest BCUT2D eigenvalue weighted by Gasteiger charge is 2.05. The van der Waals surface area contributed by atoms with Crippen LogP contribution in [-0.2, 0) is 5.75 Å². The molecule has 2 nitrogen and oxygen atoms in total. The molecule has 0 heterocycles. The average Bonchev–Trinajstić information content (AvgIpc) is 2.22. The Morgan fingerprint density at radius 2 is 1.71 bits per heavy atom. The van der Waals surface area contributed by atoms with Crippen molar-refractivity contribution >= 4 is 23.4 Å². The fourth-order valence-corrected chi connectivity index (χ4v) is 1.92. The van der Waals surface area contributed by atoms with Gasteiger partial charge in [-0.15, -0.1) is 11.8 Å².